The third-order valence-electron chi connectivity index (χ3n) is 1.64. The molecule has 0 bridgehead atoms. The van der Waals surface area contributed by atoms with E-state index in [1.54, 1.807) is 0 Å². The van der Waals surface area contributed by atoms with Crippen LogP contribution in [-0.4, -0.2) is 15.0 Å². The molecule has 0 aliphatic rings. The van der Waals surface area contributed by atoms with Gasteiger partial charge in [-0.25, -0.2) is 0 Å². The number of hydrogen-bond acceptors (Lipinski definition) is 1. The first-order valence-corrected chi connectivity index (χ1v) is 6.20. The van der Waals surface area contributed by atoms with E-state index >= 15 is 0 Å². The van der Waals surface area contributed by atoms with Crippen LogP contribution in [-0.2, 0) is 0 Å². The quantitative estimate of drug-likeness (QED) is 0.732. The van der Waals surface area contributed by atoms with Crippen LogP contribution >= 0.6 is 0 Å². The van der Waals surface area contributed by atoms with Crippen molar-refractivity contribution in [3.05, 3.63) is 29.8 Å². The van der Waals surface area contributed by atoms with Crippen molar-refractivity contribution in [2.24, 2.45) is 5.73 Å². The second kappa shape index (κ2) is 3.91. The van der Waals surface area contributed by atoms with Crippen LogP contribution in [0, 0.1) is 0 Å². The van der Waals surface area contributed by atoms with Gasteiger partial charge in [-0.1, -0.05) is 0 Å². The molecule has 1 aromatic rings. The van der Waals surface area contributed by atoms with Crippen LogP contribution in [0.5, 0.6) is 0 Å². The van der Waals surface area contributed by atoms with E-state index in [1.165, 1.54) is 10.0 Å². The minimum absolute atomic E-state index is 0.161. The minimum atomic E-state index is 0.161. The molecule has 0 radical (unpaired) electrons. The first-order valence-electron chi connectivity index (χ1n) is 3.63. The zero-order valence-corrected chi connectivity index (χ0v) is 8.59. The van der Waals surface area contributed by atoms with E-state index in [1.807, 2.05) is 6.92 Å². The Bertz CT molecular complexity index is 216. The van der Waals surface area contributed by atoms with Gasteiger partial charge in [-0.2, -0.15) is 0 Å². The molecule has 1 aromatic carbocycles. The Morgan fingerprint density at radius 3 is 2.18 bits per heavy atom. The van der Waals surface area contributed by atoms with Crippen LogP contribution in [0.15, 0.2) is 24.3 Å². The Kier molecular flexibility index (Phi) is 3.13. The molecule has 2 N–H and O–H groups in total. The van der Waals surface area contributed by atoms with Crippen molar-refractivity contribution in [2.45, 2.75) is 18.8 Å². The maximum absolute atomic E-state index is 5.71. The first-order chi connectivity index (χ1) is 5.24. The maximum atomic E-state index is 5.71. The van der Waals surface area contributed by atoms with Crippen molar-refractivity contribution < 1.29 is 0 Å². The molecule has 0 aromatic heterocycles. The summed E-state index contributed by atoms with van der Waals surface area (Å²) in [6.07, 6.45) is 0. The molecule has 1 atom stereocenters. The summed E-state index contributed by atoms with van der Waals surface area (Å²) in [6.45, 7) is 2.01. The number of nitrogens with two attached hydrogens (primary N) is 1. The predicted molar refractivity (Wildman–Crippen MR) is 50.3 cm³/mol. The van der Waals surface area contributed by atoms with Gasteiger partial charge in [0.05, 0.1) is 0 Å². The van der Waals surface area contributed by atoms with Gasteiger partial charge in [-0.15, -0.1) is 0 Å². The van der Waals surface area contributed by atoms with Crippen LogP contribution in [0.2, 0.25) is 5.82 Å². The predicted octanol–water partition coefficient (Wildman–Crippen LogP) is 1.08. The fraction of sp³-hybridized carbons (Fsp3) is 0.333. The summed E-state index contributed by atoms with van der Waals surface area (Å²) < 4.78 is 1.43. The summed E-state index contributed by atoms with van der Waals surface area (Å²) in [5.74, 6) is 2.22. The molecule has 11 heavy (non-hydrogen) atoms. The van der Waals surface area contributed by atoms with Gasteiger partial charge in [-0.05, 0) is 0 Å². The van der Waals surface area contributed by atoms with Crippen LogP contribution in [0.3, 0.4) is 0 Å². The van der Waals surface area contributed by atoms with Crippen molar-refractivity contribution in [3.8, 4) is 0 Å². The third-order valence-corrected chi connectivity index (χ3v) is 3.20. The fourth-order valence-electron chi connectivity index (χ4n) is 0.907. The average molecular weight is 214 g/mol. The zero-order valence-electron chi connectivity index (χ0n) is 6.87. The number of rotatable bonds is 2. The third kappa shape index (κ3) is 2.33. The fourth-order valence-corrected chi connectivity index (χ4v) is 1.76. The van der Waals surface area contributed by atoms with Crippen molar-refractivity contribution in [3.63, 3.8) is 0 Å². The number of hydrogen-bond donors (Lipinski definition) is 1. The molecular formula is C9H13NSe. The molecule has 1 rings (SSSR count). The normalized spacial score (nSPS) is 13.0. The molecule has 0 saturated heterocycles. The van der Waals surface area contributed by atoms with Gasteiger partial charge < -0.3 is 0 Å². The topological polar surface area (TPSA) is 26.0 Å². The zero-order chi connectivity index (χ0) is 8.27. The van der Waals surface area contributed by atoms with Gasteiger partial charge >= 0.3 is 73.8 Å². The molecule has 0 aliphatic heterocycles. The summed E-state index contributed by atoms with van der Waals surface area (Å²) >= 11 is 0.608. The van der Waals surface area contributed by atoms with Crippen molar-refractivity contribution >= 4 is 19.4 Å². The van der Waals surface area contributed by atoms with Gasteiger partial charge in [0, 0.05) is 0 Å². The van der Waals surface area contributed by atoms with E-state index < -0.39 is 0 Å². The summed E-state index contributed by atoms with van der Waals surface area (Å²) in [4.78, 5) is 0. The standard InChI is InChI=1S/C9H13NSe/c1-7(10)8-3-5-9(11-2)6-4-8/h3-7H,10H2,1-2H3/t7-/m0/s1. The Hall–Kier alpha value is -0.301. The van der Waals surface area contributed by atoms with Crippen molar-refractivity contribution in [1.29, 1.82) is 0 Å². The Morgan fingerprint density at radius 2 is 1.82 bits per heavy atom. The molecule has 0 aliphatic carbocycles. The summed E-state index contributed by atoms with van der Waals surface area (Å²) in [6, 6.07) is 8.72. The molecular weight excluding hydrogens is 201 g/mol. The van der Waals surface area contributed by atoms with Crippen LogP contribution in [0.25, 0.3) is 0 Å². The SMILES string of the molecule is C[Se]c1ccc([C@H](C)N)cc1. The Morgan fingerprint density at radius 1 is 1.27 bits per heavy atom. The van der Waals surface area contributed by atoms with Gasteiger partial charge in [0.15, 0.2) is 0 Å². The molecule has 0 saturated carbocycles. The van der Waals surface area contributed by atoms with Gasteiger partial charge in [0.1, 0.15) is 0 Å². The van der Waals surface area contributed by atoms with E-state index in [4.69, 9.17) is 5.73 Å². The van der Waals surface area contributed by atoms with Crippen molar-refractivity contribution in [1.82, 2.24) is 0 Å². The molecule has 60 valence electrons. The molecule has 2 heteroatoms. The van der Waals surface area contributed by atoms with Crippen LogP contribution in [0.1, 0.15) is 18.5 Å². The first kappa shape index (κ1) is 8.79. The molecule has 0 spiro atoms. The molecule has 0 fully saturated rings. The van der Waals surface area contributed by atoms with Gasteiger partial charge in [0.2, 0.25) is 0 Å². The van der Waals surface area contributed by atoms with Gasteiger partial charge in [-0.3, -0.25) is 0 Å². The second-order valence-corrected chi connectivity index (χ2v) is 4.41. The van der Waals surface area contributed by atoms with Crippen LogP contribution < -0.4 is 10.2 Å². The molecule has 0 amide bonds. The molecule has 0 unspecified atom stereocenters. The van der Waals surface area contributed by atoms with Gasteiger partial charge in [0.25, 0.3) is 0 Å². The molecule has 0 heterocycles. The summed E-state index contributed by atoms with van der Waals surface area (Å²) in [7, 11) is 0. The van der Waals surface area contributed by atoms with E-state index in [9.17, 15) is 0 Å². The van der Waals surface area contributed by atoms with E-state index in [-0.39, 0.29) is 6.04 Å². The van der Waals surface area contributed by atoms with E-state index in [0.717, 1.165) is 0 Å². The number of benzene rings is 1. The summed E-state index contributed by atoms with van der Waals surface area (Å²) in [5.41, 5.74) is 6.93. The Labute approximate surface area is 74.1 Å². The molecule has 1 nitrogen and oxygen atoms in total. The summed E-state index contributed by atoms with van der Waals surface area (Å²) in [5, 5.41) is 0. The van der Waals surface area contributed by atoms with E-state index in [0.29, 0.717) is 15.0 Å². The monoisotopic (exact) mass is 215 g/mol. The second-order valence-electron chi connectivity index (χ2n) is 2.56. The van der Waals surface area contributed by atoms with Crippen molar-refractivity contribution in [2.75, 3.05) is 0 Å². The van der Waals surface area contributed by atoms with Crippen LogP contribution in [0.4, 0.5) is 0 Å². The van der Waals surface area contributed by atoms with E-state index in [2.05, 4.69) is 30.1 Å². The Balaban J connectivity index is 2.83. The average Bonchev–Trinajstić information content (AvgIpc) is 2.05.